The summed E-state index contributed by atoms with van der Waals surface area (Å²) in [5, 5.41) is 14.0. The molecular weight excluding hydrogens is 434 g/mol. The minimum absolute atomic E-state index is 0.0307. The van der Waals surface area contributed by atoms with Crippen LogP contribution in [0.25, 0.3) is 0 Å². The molecule has 2 unspecified atom stereocenters. The number of carbonyl (C=O) groups is 2. The molecule has 0 radical (unpaired) electrons. The van der Waals surface area contributed by atoms with Gasteiger partial charge >= 0.3 is 0 Å². The van der Waals surface area contributed by atoms with E-state index < -0.39 is 12.1 Å². The van der Waals surface area contributed by atoms with Crippen LogP contribution in [0.15, 0.2) is 65.5 Å². The highest BCUT2D eigenvalue weighted by Gasteiger charge is 2.34. The van der Waals surface area contributed by atoms with Crippen LogP contribution in [0.2, 0.25) is 0 Å². The minimum atomic E-state index is -1.14. The van der Waals surface area contributed by atoms with Gasteiger partial charge in [0.05, 0.1) is 18.5 Å². The number of benzene rings is 1. The van der Waals surface area contributed by atoms with Crippen molar-refractivity contribution in [1.29, 1.82) is 0 Å². The summed E-state index contributed by atoms with van der Waals surface area (Å²) in [6.45, 7) is 6.35. The summed E-state index contributed by atoms with van der Waals surface area (Å²) in [5.74, 6) is -0.126. The van der Waals surface area contributed by atoms with Crippen molar-refractivity contribution in [3.8, 4) is 5.75 Å². The molecule has 1 aliphatic heterocycles. The van der Waals surface area contributed by atoms with E-state index >= 15 is 0 Å². The molecule has 2 rings (SSSR count). The van der Waals surface area contributed by atoms with Gasteiger partial charge in [-0.15, -0.1) is 6.58 Å². The third-order valence-corrected chi connectivity index (χ3v) is 5.60. The molecule has 1 fully saturated rings. The number of aliphatic hydroxyl groups excluding tert-OH is 1. The van der Waals surface area contributed by atoms with Crippen LogP contribution in [0.1, 0.15) is 39.0 Å². The molecule has 0 spiro atoms. The van der Waals surface area contributed by atoms with E-state index in [2.05, 4.69) is 16.9 Å². The smallest absolute Gasteiger partial charge is 0.264 e. The van der Waals surface area contributed by atoms with E-state index in [1.54, 1.807) is 43.7 Å². The molecule has 34 heavy (non-hydrogen) atoms. The molecule has 1 aromatic carbocycles. The Morgan fingerprint density at radius 1 is 1.35 bits per heavy atom. The van der Waals surface area contributed by atoms with Crippen molar-refractivity contribution in [2.45, 2.75) is 51.3 Å². The fraction of sp³-hybridized carbons (Fsp3) is 0.400. The Bertz CT molecular complexity index is 953. The van der Waals surface area contributed by atoms with Gasteiger partial charge in [-0.2, -0.15) is 0 Å². The van der Waals surface area contributed by atoms with Crippen molar-refractivity contribution in [2.75, 3.05) is 13.7 Å². The number of methoxy groups -OCH3 is 1. The van der Waals surface area contributed by atoms with E-state index in [0.717, 1.165) is 12.8 Å². The molecular formula is C25H35N5O4. The highest BCUT2D eigenvalue weighted by Crippen LogP contribution is 2.27. The maximum absolute atomic E-state index is 11.8. The highest BCUT2D eigenvalue weighted by atomic mass is 16.5. The second kappa shape index (κ2) is 13.3. The van der Waals surface area contributed by atoms with E-state index in [1.807, 2.05) is 17.9 Å². The molecule has 0 saturated carbocycles. The lowest BCUT2D eigenvalue weighted by Crippen LogP contribution is -2.52. The average Bonchev–Trinajstić information content (AvgIpc) is 2.84. The van der Waals surface area contributed by atoms with Gasteiger partial charge < -0.3 is 26.6 Å². The quantitative estimate of drug-likeness (QED) is 0.289. The molecule has 184 valence electrons. The monoisotopic (exact) mass is 469 g/mol. The van der Waals surface area contributed by atoms with E-state index in [4.69, 9.17) is 16.2 Å². The number of nitrogens with zero attached hydrogens (tertiary/aromatic N) is 2. The van der Waals surface area contributed by atoms with E-state index in [9.17, 15) is 14.7 Å². The normalized spacial score (nSPS) is 20.2. The molecule has 1 saturated heterocycles. The Balaban J connectivity index is 2.25. The Labute approximate surface area is 200 Å². The fourth-order valence-corrected chi connectivity index (χ4v) is 3.63. The van der Waals surface area contributed by atoms with Gasteiger partial charge in [0, 0.05) is 24.6 Å². The summed E-state index contributed by atoms with van der Waals surface area (Å²) >= 11 is 0. The molecule has 1 aromatic rings. The van der Waals surface area contributed by atoms with Crippen LogP contribution in [-0.2, 0) is 9.59 Å². The molecule has 6 N–H and O–H groups in total. The summed E-state index contributed by atoms with van der Waals surface area (Å²) in [5.41, 5.74) is 12.5. The minimum Gasteiger partial charge on any atom is -0.497 e. The summed E-state index contributed by atoms with van der Waals surface area (Å²) in [7, 11) is 1.57. The van der Waals surface area contributed by atoms with Crippen molar-refractivity contribution in [1.82, 2.24) is 10.2 Å². The van der Waals surface area contributed by atoms with Crippen molar-refractivity contribution >= 4 is 23.2 Å². The number of rotatable bonds is 11. The number of piperidine rings is 1. The first-order valence-corrected chi connectivity index (χ1v) is 11.3. The lowest BCUT2D eigenvalue weighted by Gasteiger charge is -2.39. The number of hydrogen-bond acceptors (Lipinski definition) is 7. The standard InChI is InChI=1S/C25H35N5O4/c1-4-6-9-21(31)28-15-7-8-18(5-2)30-16-14-20(22(26)24(27)32)23(25(30)33)29-17-10-12-19(34-3)13-11-17/h5,7,10-13,15,18,25,33H,2,4,6,8-9,14,16,26H2,1,3H3,(H2,27,32)(H,28,31)/b15-7+,22-20?,29-23?. The van der Waals surface area contributed by atoms with E-state index in [1.165, 1.54) is 0 Å². The van der Waals surface area contributed by atoms with E-state index in [-0.39, 0.29) is 23.4 Å². The SMILES string of the molecule is C=CC(C/C=C/NC(=O)CCCC)N1CCC(=C(N)C(N)=O)C(=Nc2ccc(OC)cc2)C1O. The third-order valence-electron chi connectivity index (χ3n) is 5.60. The Hall–Kier alpha value is -3.43. The first kappa shape index (κ1) is 26.8. The topological polar surface area (TPSA) is 143 Å². The molecule has 2 atom stereocenters. The molecule has 2 amide bonds. The van der Waals surface area contributed by atoms with Crippen molar-refractivity contribution in [2.24, 2.45) is 16.5 Å². The van der Waals surface area contributed by atoms with Gasteiger partial charge in [-0.05, 0) is 49.7 Å². The zero-order chi connectivity index (χ0) is 25.1. The van der Waals surface area contributed by atoms with Crippen LogP contribution in [0.5, 0.6) is 5.75 Å². The van der Waals surface area contributed by atoms with Crippen LogP contribution in [0, 0.1) is 0 Å². The number of amides is 2. The van der Waals surface area contributed by atoms with Crippen LogP contribution in [-0.4, -0.2) is 53.5 Å². The molecule has 0 aromatic heterocycles. The number of primary amides is 1. The molecule has 9 heteroatoms. The van der Waals surface area contributed by atoms with Crippen LogP contribution < -0.4 is 21.5 Å². The number of aliphatic imine (C=N–C) groups is 1. The number of ether oxygens (including phenoxy) is 1. The molecule has 1 heterocycles. The number of aliphatic hydroxyl groups is 1. The predicted octanol–water partition coefficient (Wildman–Crippen LogP) is 2.25. The Morgan fingerprint density at radius 2 is 2.06 bits per heavy atom. The number of carbonyl (C=O) groups excluding carboxylic acids is 2. The number of nitrogens with one attached hydrogen (secondary N) is 1. The molecule has 1 aliphatic rings. The van der Waals surface area contributed by atoms with Gasteiger partial charge in [0.1, 0.15) is 11.4 Å². The van der Waals surface area contributed by atoms with Crippen LogP contribution >= 0.6 is 0 Å². The van der Waals surface area contributed by atoms with Gasteiger partial charge in [-0.25, -0.2) is 4.99 Å². The lowest BCUT2D eigenvalue weighted by molar-refractivity contribution is -0.120. The second-order valence-electron chi connectivity index (χ2n) is 7.93. The van der Waals surface area contributed by atoms with Crippen molar-refractivity contribution in [3.63, 3.8) is 0 Å². The second-order valence-corrected chi connectivity index (χ2v) is 7.93. The first-order valence-electron chi connectivity index (χ1n) is 11.3. The Kier molecular flexibility index (Phi) is 10.5. The number of likely N-dealkylation sites (tertiary alicyclic amines) is 1. The molecule has 0 bridgehead atoms. The molecule has 0 aliphatic carbocycles. The summed E-state index contributed by atoms with van der Waals surface area (Å²) < 4.78 is 5.17. The predicted molar refractivity (Wildman–Crippen MR) is 133 cm³/mol. The zero-order valence-electron chi connectivity index (χ0n) is 19.9. The lowest BCUT2D eigenvalue weighted by atomic mass is 9.95. The maximum atomic E-state index is 11.8. The van der Waals surface area contributed by atoms with Crippen molar-refractivity contribution in [3.05, 3.63) is 60.5 Å². The fourth-order valence-electron chi connectivity index (χ4n) is 3.63. The van der Waals surface area contributed by atoms with Gasteiger partial charge in [-0.3, -0.25) is 14.5 Å². The highest BCUT2D eigenvalue weighted by molar-refractivity contribution is 6.10. The summed E-state index contributed by atoms with van der Waals surface area (Å²) in [6.07, 6.45) is 7.20. The average molecular weight is 470 g/mol. The Morgan fingerprint density at radius 3 is 2.65 bits per heavy atom. The zero-order valence-corrected chi connectivity index (χ0v) is 19.9. The number of nitrogens with two attached hydrogens (primary N) is 2. The summed E-state index contributed by atoms with van der Waals surface area (Å²) in [6, 6.07) is 6.74. The number of hydrogen-bond donors (Lipinski definition) is 4. The maximum Gasteiger partial charge on any atom is 0.264 e. The van der Waals surface area contributed by atoms with Gasteiger partial charge in [0.25, 0.3) is 5.91 Å². The van der Waals surface area contributed by atoms with Crippen LogP contribution in [0.4, 0.5) is 5.69 Å². The largest absolute Gasteiger partial charge is 0.497 e. The first-order chi connectivity index (χ1) is 16.3. The van der Waals surface area contributed by atoms with Crippen LogP contribution in [0.3, 0.4) is 0 Å². The molecule has 9 nitrogen and oxygen atoms in total. The van der Waals surface area contributed by atoms with Gasteiger partial charge in [-0.1, -0.05) is 25.5 Å². The summed E-state index contributed by atoms with van der Waals surface area (Å²) in [4.78, 5) is 29.9. The van der Waals surface area contributed by atoms with Gasteiger partial charge in [0.15, 0.2) is 6.23 Å². The number of unbranched alkanes of at least 4 members (excludes halogenated alkanes) is 1. The van der Waals surface area contributed by atoms with Gasteiger partial charge in [0.2, 0.25) is 5.91 Å². The van der Waals surface area contributed by atoms with E-state index in [0.29, 0.717) is 42.8 Å². The third kappa shape index (κ3) is 7.29. The van der Waals surface area contributed by atoms with Crippen molar-refractivity contribution < 1.29 is 19.4 Å².